The predicted octanol–water partition coefficient (Wildman–Crippen LogP) is 5.42. The molecule has 0 fully saturated rings. The summed E-state index contributed by atoms with van der Waals surface area (Å²) in [5.74, 6) is 0. The molecule has 1 heterocycles. The SMILES string of the molecule is FC(F)(F)c1sc(-c2ccccc2)nc1Cc1ccccc1. The van der Waals surface area contributed by atoms with Crippen molar-refractivity contribution in [3.63, 3.8) is 0 Å². The molecule has 0 aliphatic heterocycles. The Labute approximate surface area is 130 Å². The van der Waals surface area contributed by atoms with E-state index in [9.17, 15) is 13.2 Å². The van der Waals surface area contributed by atoms with Crippen molar-refractivity contribution in [2.75, 3.05) is 0 Å². The van der Waals surface area contributed by atoms with Crippen LogP contribution in [0.1, 0.15) is 16.1 Å². The maximum Gasteiger partial charge on any atom is 0.427 e. The molecule has 0 saturated heterocycles. The number of thiazole rings is 1. The third-order valence-corrected chi connectivity index (χ3v) is 4.38. The molecule has 5 heteroatoms. The molecular weight excluding hydrogens is 307 g/mol. The van der Waals surface area contributed by atoms with Crippen molar-refractivity contribution in [1.82, 2.24) is 4.98 Å². The highest BCUT2D eigenvalue weighted by Gasteiger charge is 2.37. The lowest BCUT2D eigenvalue weighted by molar-refractivity contribution is -0.135. The van der Waals surface area contributed by atoms with Crippen LogP contribution >= 0.6 is 11.3 Å². The molecule has 0 aliphatic rings. The Hall–Kier alpha value is -2.14. The molecule has 0 atom stereocenters. The number of halogens is 3. The van der Waals surface area contributed by atoms with Crippen LogP contribution in [0.5, 0.6) is 0 Å². The molecule has 0 N–H and O–H groups in total. The Kier molecular flexibility index (Phi) is 3.98. The van der Waals surface area contributed by atoms with Crippen molar-refractivity contribution in [3.05, 3.63) is 76.8 Å². The van der Waals surface area contributed by atoms with Crippen molar-refractivity contribution in [3.8, 4) is 10.6 Å². The van der Waals surface area contributed by atoms with Gasteiger partial charge in [-0.15, -0.1) is 11.3 Å². The molecule has 0 unspecified atom stereocenters. The van der Waals surface area contributed by atoms with Gasteiger partial charge in [-0.1, -0.05) is 60.7 Å². The van der Waals surface area contributed by atoms with Crippen molar-refractivity contribution in [2.45, 2.75) is 12.6 Å². The molecule has 0 radical (unpaired) electrons. The van der Waals surface area contributed by atoms with Gasteiger partial charge in [-0.3, -0.25) is 0 Å². The van der Waals surface area contributed by atoms with Crippen LogP contribution in [0.3, 0.4) is 0 Å². The minimum atomic E-state index is -4.38. The van der Waals surface area contributed by atoms with Gasteiger partial charge in [-0.25, -0.2) is 4.98 Å². The normalized spacial score (nSPS) is 11.6. The number of alkyl halides is 3. The number of nitrogens with zero attached hydrogens (tertiary/aromatic N) is 1. The molecule has 1 aromatic heterocycles. The molecule has 2 aromatic carbocycles. The highest BCUT2D eigenvalue weighted by molar-refractivity contribution is 7.15. The van der Waals surface area contributed by atoms with Crippen molar-refractivity contribution < 1.29 is 13.2 Å². The van der Waals surface area contributed by atoms with E-state index in [0.717, 1.165) is 5.56 Å². The van der Waals surface area contributed by atoms with E-state index in [1.54, 1.807) is 24.3 Å². The molecule has 0 saturated carbocycles. The van der Waals surface area contributed by atoms with Crippen LogP contribution in [0, 0.1) is 0 Å². The fourth-order valence-corrected chi connectivity index (χ4v) is 3.14. The fraction of sp³-hybridized carbons (Fsp3) is 0.118. The minimum absolute atomic E-state index is 0.0857. The second kappa shape index (κ2) is 5.93. The Morgan fingerprint density at radius 3 is 2.05 bits per heavy atom. The van der Waals surface area contributed by atoms with E-state index in [1.165, 1.54) is 0 Å². The van der Waals surface area contributed by atoms with Gasteiger partial charge in [0.25, 0.3) is 0 Å². The van der Waals surface area contributed by atoms with Gasteiger partial charge in [-0.05, 0) is 5.56 Å². The summed E-state index contributed by atoms with van der Waals surface area (Å²) in [4.78, 5) is 3.63. The van der Waals surface area contributed by atoms with Gasteiger partial charge in [-0.2, -0.15) is 13.2 Å². The molecule has 0 aliphatic carbocycles. The lowest BCUT2D eigenvalue weighted by Gasteiger charge is -2.05. The van der Waals surface area contributed by atoms with E-state index in [2.05, 4.69) is 4.98 Å². The van der Waals surface area contributed by atoms with Gasteiger partial charge in [0, 0.05) is 12.0 Å². The second-order valence-corrected chi connectivity index (χ2v) is 5.82. The van der Waals surface area contributed by atoms with Crippen LogP contribution in [-0.4, -0.2) is 4.98 Å². The van der Waals surface area contributed by atoms with Crippen LogP contribution in [-0.2, 0) is 12.6 Å². The maximum atomic E-state index is 13.3. The molecular formula is C17H12F3NS. The minimum Gasteiger partial charge on any atom is -0.240 e. The molecule has 22 heavy (non-hydrogen) atoms. The summed E-state index contributed by atoms with van der Waals surface area (Å²) in [5.41, 5.74) is 1.61. The second-order valence-electron chi connectivity index (χ2n) is 4.82. The average molecular weight is 319 g/mol. The first-order valence-electron chi connectivity index (χ1n) is 6.70. The summed E-state index contributed by atoms with van der Waals surface area (Å²) in [6.07, 6.45) is -4.20. The van der Waals surface area contributed by atoms with E-state index < -0.39 is 11.1 Å². The first-order valence-corrected chi connectivity index (χ1v) is 7.52. The molecule has 3 aromatic rings. The predicted molar refractivity (Wildman–Crippen MR) is 81.8 cm³/mol. The van der Waals surface area contributed by atoms with E-state index in [1.807, 2.05) is 36.4 Å². The zero-order valence-corrected chi connectivity index (χ0v) is 12.3. The van der Waals surface area contributed by atoms with Gasteiger partial charge in [0.15, 0.2) is 0 Å². The smallest absolute Gasteiger partial charge is 0.240 e. The van der Waals surface area contributed by atoms with E-state index in [-0.39, 0.29) is 12.1 Å². The highest BCUT2D eigenvalue weighted by Crippen LogP contribution is 2.40. The van der Waals surface area contributed by atoms with Crippen molar-refractivity contribution in [2.24, 2.45) is 0 Å². The van der Waals surface area contributed by atoms with Gasteiger partial charge in [0.1, 0.15) is 9.88 Å². The number of aromatic nitrogens is 1. The van der Waals surface area contributed by atoms with Crippen LogP contribution < -0.4 is 0 Å². The highest BCUT2D eigenvalue weighted by atomic mass is 32.1. The van der Waals surface area contributed by atoms with E-state index in [4.69, 9.17) is 0 Å². The standard InChI is InChI=1S/C17H12F3NS/c18-17(19,20)15-14(11-12-7-3-1-4-8-12)21-16(22-15)13-9-5-2-6-10-13/h1-10H,11H2. The Morgan fingerprint density at radius 2 is 1.45 bits per heavy atom. The lowest BCUT2D eigenvalue weighted by Crippen LogP contribution is -2.06. The van der Waals surface area contributed by atoms with E-state index in [0.29, 0.717) is 21.9 Å². The van der Waals surface area contributed by atoms with Gasteiger partial charge < -0.3 is 0 Å². The molecule has 3 rings (SSSR count). The largest absolute Gasteiger partial charge is 0.427 e. The summed E-state index contributed by atoms with van der Waals surface area (Å²) >= 11 is 0.703. The van der Waals surface area contributed by atoms with Gasteiger partial charge in [0.05, 0.1) is 5.69 Å². The Balaban J connectivity index is 2.03. The molecule has 0 bridgehead atoms. The summed E-state index contributed by atoms with van der Waals surface area (Å²) in [7, 11) is 0. The monoisotopic (exact) mass is 319 g/mol. The number of benzene rings is 2. The van der Waals surface area contributed by atoms with Crippen molar-refractivity contribution in [1.29, 1.82) is 0 Å². The zero-order valence-electron chi connectivity index (χ0n) is 11.5. The summed E-state index contributed by atoms with van der Waals surface area (Å²) in [6.45, 7) is 0. The average Bonchev–Trinajstić information content (AvgIpc) is 2.93. The topological polar surface area (TPSA) is 12.9 Å². The third kappa shape index (κ3) is 3.20. The first kappa shape index (κ1) is 14.8. The zero-order chi connectivity index (χ0) is 15.6. The Morgan fingerprint density at radius 1 is 0.864 bits per heavy atom. The van der Waals surface area contributed by atoms with Crippen LogP contribution in [0.4, 0.5) is 13.2 Å². The van der Waals surface area contributed by atoms with Gasteiger partial charge in [0.2, 0.25) is 0 Å². The first-order chi connectivity index (χ1) is 10.5. The quantitative estimate of drug-likeness (QED) is 0.628. The van der Waals surface area contributed by atoms with Crippen LogP contribution in [0.15, 0.2) is 60.7 Å². The Bertz CT molecular complexity index is 749. The van der Waals surface area contributed by atoms with Crippen LogP contribution in [0.25, 0.3) is 10.6 Å². The number of hydrogen-bond acceptors (Lipinski definition) is 2. The maximum absolute atomic E-state index is 13.3. The molecule has 1 nitrogen and oxygen atoms in total. The van der Waals surface area contributed by atoms with Gasteiger partial charge >= 0.3 is 6.18 Å². The molecule has 0 spiro atoms. The summed E-state index contributed by atoms with van der Waals surface area (Å²) < 4.78 is 39.8. The molecule has 112 valence electrons. The van der Waals surface area contributed by atoms with Crippen LogP contribution in [0.2, 0.25) is 0 Å². The molecule has 0 amide bonds. The summed E-state index contributed by atoms with van der Waals surface area (Å²) in [5, 5.41) is 0.402. The van der Waals surface area contributed by atoms with Crippen molar-refractivity contribution >= 4 is 11.3 Å². The number of hydrogen-bond donors (Lipinski definition) is 0. The third-order valence-electron chi connectivity index (χ3n) is 3.19. The lowest BCUT2D eigenvalue weighted by atomic mass is 10.1. The fourth-order valence-electron chi connectivity index (χ4n) is 2.19. The van der Waals surface area contributed by atoms with E-state index >= 15 is 0 Å². The summed E-state index contributed by atoms with van der Waals surface area (Å²) in [6, 6.07) is 18.0. The number of rotatable bonds is 3.